The van der Waals surface area contributed by atoms with Crippen LogP contribution < -0.4 is 15.2 Å². The molecule has 0 fully saturated rings. The average Bonchev–Trinajstić information content (AvgIpc) is 2.18. The second-order valence-corrected chi connectivity index (χ2v) is 2.93. The van der Waals surface area contributed by atoms with Gasteiger partial charge in [-0.05, 0) is 13.0 Å². The van der Waals surface area contributed by atoms with Gasteiger partial charge in [0.15, 0.2) is 11.5 Å². The summed E-state index contributed by atoms with van der Waals surface area (Å²) in [5, 5.41) is 0. The molecule has 1 rings (SSSR count). The molecule has 0 bridgehead atoms. The van der Waals surface area contributed by atoms with Crippen molar-refractivity contribution in [2.24, 2.45) is 5.73 Å². The molecular formula is C10H12F3NO2. The van der Waals surface area contributed by atoms with Gasteiger partial charge >= 0.3 is 6.36 Å². The lowest BCUT2D eigenvalue weighted by Gasteiger charge is -2.15. The Labute approximate surface area is 91.0 Å². The van der Waals surface area contributed by atoms with Crippen molar-refractivity contribution >= 4 is 0 Å². The van der Waals surface area contributed by atoms with E-state index in [0.717, 1.165) is 0 Å². The van der Waals surface area contributed by atoms with E-state index in [1.54, 1.807) is 13.0 Å². The molecule has 0 saturated heterocycles. The summed E-state index contributed by atoms with van der Waals surface area (Å²) in [4.78, 5) is 0. The molecule has 0 spiro atoms. The molecule has 0 aliphatic heterocycles. The minimum Gasteiger partial charge on any atom is -0.490 e. The van der Waals surface area contributed by atoms with Gasteiger partial charge in [-0.3, -0.25) is 0 Å². The number of para-hydroxylation sites is 1. The van der Waals surface area contributed by atoms with Crippen LogP contribution in [0, 0.1) is 0 Å². The van der Waals surface area contributed by atoms with Crippen LogP contribution in [0.2, 0.25) is 0 Å². The summed E-state index contributed by atoms with van der Waals surface area (Å²) in [5.41, 5.74) is 5.87. The minimum atomic E-state index is -4.74. The highest BCUT2D eigenvalue weighted by Gasteiger charge is 2.32. The lowest BCUT2D eigenvalue weighted by molar-refractivity contribution is -0.275. The van der Waals surface area contributed by atoms with Crippen molar-refractivity contribution in [2.45, 2.75) is 19.8 Å². The number of benzene rings is 1. The lowest BCUT2D eigenvalue weighted by Crippen LogP contribution is -2.18. The van der Waals surface area contributed by atoms with E-state index < -0.39 is 6.36 Å². The van der Waals surface area contributed by atoms with Gasteiger partial charge in [-0.1, -0.05) is 12.1 Å². The Kier molecular flexibility index (Phi) is 4.00. The van der Waals surface area contributed by atoms with E-state index in [-0.39, 0.29) is 24.7 Å². The van der Waals surface area contributed by atoms with Crippen molar-refractivity contribution in [3.05, 3.63) is 23.8 Å². The molecule has 1 aromatic rings. The van der Waals surface area contributed by atoms with Gasteiger partial charge in [0, 0.05) is 12.1 Å². The third kappa shape index (κ3) is 3.30. The molecule has 0 atom stereocenters. The molecule has 90 valence electrons. The number of nitrogens with two attached hydrogens (primary N) is 1. The summed E-state index contributed by atoms with van der Waals surface area (Å²) in [6.07, 6.45) is -4.74. The fourth-order valence-corrected chi connectivity index (χ4v) is 1.24. The molecule has 0 heterocycles. The van der Waals surface area contributed by atoms with Gasteiger partial charge < -0.3 is 15.2 Å². The summed E-state index contributed by atoms with van der Waals surface area (Å²) < 4.78 is 45.2. The molecule has 16 heavy (non-hydrogen) atoms. The summed E-state index contributed by atoms with van der Waals surface area (Å²) in [6, 6.07) is 4.22. The van der Waals surface area contributed by atoms with E-state index >= 15 is 0 Å². The smallest absolute Gasteiger partial charge is 0.490 e. The summed E-state index contributed by atoms with van der Waals surface area (Å²) in [7, 11) is 0. The number of halogens is 3. The second kappa shape index (κ2) is 5.07. The van der Waals surface area contributed by atoms with Crippen LogP contribution in [-0.4, -0.2) is 13.0 Å². The zero-order chi connectivity index (χ0) is 12.2. The zero-order valence-electron chi connectivity index (χ0n) is 8.67. The Morgan fingerprint density at radius 3 is 2.50 bits per heavy atom. The molecule has 0 saturated carbocycles. The molecule has 2 N–H and O–H groups in total. The largest absolute Gasteiger partial charge is 0.573 e. The van der Waals surface area contributed by atoms with Crippen LogP contribution in [0.5, 0.6) is 11.5 Å². The monoisotopic (exact) mass is 235 g/mol. The van der Waals surface area contributed by atoms with E-state index in [0.29, 0.717) is 5.56 Å². The van der Waals surface area contributed by atoms with Crippen LogP contribution in [-0.2, 0) is 6.54 Å². The maximum Gasteiger partial charge on any atom is 0.573 e. The van der Waals surface area contributed by atoms with Crippen LogP contribution in [0.3, 0.4) is 0 Å². The predicted octanol–water partition coefficient (Wildman–Crippen LogP) is 2.44. The number of hydrogen-bond acceptors (Lipinski definition) is 3. The van der Waals surface area contributed by atoms with Gasteiger partial charge in [-0.15, -0.1) is 13.2 Å². The van der Waals surface area contributed by atoms with E-state index in [9.17, 15) is 13.2 Å². The summed E-state index contributed by atoms with van der Waals surface area (Å²) in [6.45, 7) is 2.00. The molecule has 6 heteroatoms. The van der Waals surface area contributed by atoms with Gasteiger partial charge in [0.2, 0.25) is 0 Å². The van der Waals surface area contributed by atoms with Crippen molar-refractivity contribution in [1.82, 2.24) is 0 Å². The molecule has 0 amide bonds. The first-order chi connectivity index (χ1) is 7.48. The number of rotatable bonds is 4. The Morgan fingerprint density at radius 2 is 2.00 bits per heavy atom. The van der Waals surface area contributed by atoms with Crippen molar-refractivity contribution in [3.63, 3.8) is 0 Å². The van der Waals surface area contributed by atoms with Gasteiger partial charge in [0.05, 0.1) is 6.61 Å². The summed E-state index contributed by atoms with van der Waals surface area (Å²) in [5.74, 6) is -0.317. The Balaban J connectivity index is 3.06. The van der Waals surface area contributed by atoms with E-state index in [4.69, 9.17) is 10.5 Å². The van der Waals surface area contributed by atoms with Crippen LogP contribution in [0.4, 0.5) is 13.2 Å². The molecule has 0 aromatic heterocycles. The molecule has 0 aliphatic carbocycles. The SMILES string of the molecule is CCOc1c(CN)cccc1OC(F)(F)F. The fourth-order valence-electron chi connectivity index (χ4n) is 1.24. The van der Waals surface area contributed by atoms with Crippen LogP contribution in [0.15, 0.2) is 18.2 Å². The first-order valence-electron chi connectivity index (χ1n) is 4.68. The minimum absolute atomic E-state index is 0.0461. The predicted molar refractivity (Wildman–Crippen MR) is 52.2 cm³/mol. The standard InChI is InChI=1S/C10H12F3NO2/c1-2-15-9-7(6-14)4-3-5-8(9)16-10(11,12)13/h3-5H,2,6,14H2,1H3. The quantitative estimate of drug-likeness (QED) is 0.871. The van der Waals surface area contributed by atoms with Crippen molar-refractivity contribution in [3.8, 4) is 11.5 Å². The first kappa shape index (κ1) is 12.6. The second-order valence-electron chi connectivity index (χ2n) is 2.93. The van der Waals surface area contributed by atoms with Crippen LogP contribution in [0.1, 0.15) is 12.5 Å². The fraction of sp³-hybridized carbons (Fsp3) is 0.400. The maximum absolute atomic E-state index is 12.1. The zero-order valence-corrected chi connectivity index (χ0v) is 8.67. The third-order valence-corrected chi connectivity index (χ3v) is 1.79. The molecule has 3 nitrogen and oxygen atoms in total. The normalized spacial score (nSPS) is 11.3. The highest BCUT2D eigenvalue weighted by molar-refractivity contribution is 5.46. The van der Waals surface area contributed by atoms with Crippen molar-refractivity contribution in [2.75, 3.05) is 6.61 Å². The number of hydrogen-bond donors (Lipinski definition) is 1. The van der Waals surface area contributed by atoms with Crippen LogP contribution in [0.25, 0.3) is 0 Å². The Hall–Kier alpha value is -1.43. The summed E-state index contributed by atoms with van der Waals surface area (Å²) >= 11 is 0. The van der Waals surface area contributed by atoms with E-state index in [1.165, 1.54) is 12.1 Å². The van der Waals surface area contributed by atoms with Crippen molar-refractivity contribution in [1.29, 1.82) is 0 Å². The molecule has 1 aromatic carbocycles. The molecule has 0 unspecified atom stereocenters. The Morgan fingerprint density at radius 1 is 1.31 bits per heavy atom. The van der Waals surface area contributed by atoms with Gasteiger partial charge in [-0.2, -0.15) is 0 Å². The van der Waals surface area contributed by atoms with E-state index in [1.807, 2.05) is 0 Å². The Bertz CT molecular complexity index is 352. The van der Waals surface area contributed by atoms with Crippen molar-refractivity contribution < 1.29 is 22.6 Å². The van der Waals surface area contributed by atoms with Crippen LogP contribution >= 0.6 is 0 Å². The van der Waals surface area contributed by atoms with Gasteiger partial charge in [0.25, 0.3) is 0 Å². The maximum atomic E-state index is 12.1. The number of ether oxygens (including phenoxy) is 2. The molecule has 0 radical (unpaired) electrons. The lowest BCUT2D eigenvalue weighted by atomic mass is 10.2. The molecule has 0 aliphatic rings. The van der Waals surface area contributed by atoms with Gasteiger partial charge in [0.1, 0.15) is 0 Å². The first-order valence-corrected chi connectivity index (χ1v) is 4.68. The third-order valence-electron chi connectivity index (χ3n) is 1.79. The topological polar surface area (TPSA) is 44.5 Å². The van der Waals surface area contributed by atoms with E-state index in [2.05, 4.69) is 4.74 Å². The average molecular weight is 235 g/mol. The number of alkyl halides is 3. The highest BCUT2D eigenvalue weighted by atomic mass is 19.4. The van der Waals surface area contributed by atoms with Gasteiger partial charge in [-0.25, -0.2) is 0 Å². The molecular weight excluding hydrogens is 223 g/mol. The highest BCUT2D eigenvalue weighted by Crippen LogP contribution is 2.34.